The maximum absolute atomic E-state index is 12.8. The Morgan fingerprint density at radius 1 is 0.968 bits per heavy atom. The van der Waals surface area contributed by atoms with Gasteiger partial charge in [-0.1, -0.05) is 47.5 Å². The van der Waals surface area contributed by atoms with Crippen molar-refractivity contribution in [1.29, 1.82) is 0 Å². The Morgan fingerprint density at radius 3 is 2.52 bits per heavy atom. The number of aliphatic hydroxyl groups excluding tert-OH is 1. The van der Waals surface area contributed by atoms with Crippen molar-refractivity contribution in [2.45, 2.75) is 6.35 Å². The first-order valence-corrected chi connectivity index (χ1v) is 10.1. The van der Waals surface area contributed by atoms with Gasteiger partial charge in [-0.2, -0.15) is 0 Å². The highest BCUT2D eigenvalue weighted by Crippen LogP contribution is 2.34. The number of hydrogen-bond acceptors (Lipinski definition) is 5. The number of nitrogens with one attached hydrogen (secondary N) is 2. The molecule has 1 heterocycles. The van der Waals surface area contributed by atoms with E-state index >= 15 is 0 Å². The Hall–Kier alpha value is -3.16. The van der Waals surface area contributed by atoms with Crippen LogP contribution in [-0.2, 0) is 0 Å². The van der Waals surface area contributed by atoms with E-state index in [4.69, 9.17) is 28.9 Å². The van der Waals surface area contributed by atoms with E-state index in [9.17, 15) is 9.90 Å². The van der Waals surface area contributed by atoms with Crippen LogP contribution >= 0.6 is 23.2 Å². The van der Waals surface area contributed by atoms with Crippen molar-refractivity contribution in [2.24, 2.45) is 5.73 Å². The van der Waals surface area contributed by atoms with E-state index in [1.54, 1.807) is 36.5 Å². The lowest BCUT2D eigenvalue weighted by Gasteiger charge is -2.13. The zero-order chi connectivity index (χ0) is 22.0. The SMILES string of the molecule is NC(O)Nc1ccc(C(=O)Nc2ccc(Cl)c(-c3nccc4ccccc34)c2)c(Cl)c1. The molecule has 3 aromatic carbocycles. The van der Waals surface area contributed by atoms with Crippen molar-refractivity contribution >= 4 is 51.3 Å². The van der Waals surface area contributed by atoms with Gasteiger partial charge in [0.1, 0.15) is 0 Å². The summed E-state index contributed by atoms with van der Waals surface area (Å²) >= 11 is 12.7. The number of fused-ring (bicyclic) bond motifs is 1. The van der Waals surface area contributed by atoms with Gasteiger partial charge in [-0.05, 0) is 47.9 Å². The molecule has 1 unspecified atom stereocenters. The third kappa shape index (κ3) is 4.62. The summed E-state index contributed by atoms with van der Waals surface area (Å²) in [5, 5.41) is 17.4. The second-order valence-electron chi connectivity index (χ2n) is 6.81. The van der Waals surface area contributed by atoms with Gasteiger partial charge in [0.25, 0.3) is 5.91 Å². The summed E-state index contributed by atoms with van der Waals surface area (Å²) < 4.78 is 0. The first kappa shape index (κ1) is 21.1. The first-order valence-electron chi connectivity index (χ1n) is 9.37. The number of benzene rings is 3. The Kier molecular flexibility index (Phi) is 6.06. The second-order valence-corrected chi connectivity index (χ2v) is 7.63. The van der Waals surface area contributed by atoms with Gasteiger partial charge in [0.05, 0.1) is 21.3 Å². The third-order valence-electron chi connectivity index (χ3n) is 4.68. The van der Waals surface area contributed by atoms with Gasteiger partial charge in [-0.15, -0.1) is 0 Å². The van der Waals surface area contributed by atoms with Crippen LogP contribution < -0.4 is 16.4 Å². The molecule has 1 atom stereocenters. The maximum Gasteiger partial charge on any atom is 0.257 e. The summed E-state index contributed by atoms with van der Waals surface area (Å²) in [5.41, 5.74) is 8.05. The fourth-order valence-electron chi connectivity index (χ4n) is 3.28. The number of nitrogens with zero attached hydrogens (tertiary/aromatic N) is 1. The number of pyridine rings is 1. The number of anilines is 2. The molecule has 0 fully saturated rings. The first-order chi connectivity index (χ1) is 14.9. The number of aromatic nitrogens is 1. The number of nitrogens with two attached hydrogens (primary N) is 1. The Bertz CT molecular complexity index is 1270. The largest absolute Gasteiger partial charge is 0.361 e. The summed E-state index contributed by atoms with van der Waals surface area (Å²) in [4.78, 5) is 17.3. The molecule has 0 aliphatic rings. The molecule has 1 amide bonds. The topological polar surface area (TPSA) is 100 Å². The molecular formula is C23H18Cl2N4O2. The highest BCUT2D eigenvalue weighted by molar-refractivity contribution is 6.35. The van der Waals surface area contributed by atoms with Gasteiger partial charge in [-0.25, -0.2) is 0 Å². The number of amides is 1. The molecule has 31 heavy (non-hydrogen) atoms. The minimum absolute atomic E-state index is 0.216. The molecular weight excluding hydrogens is 435 g/mol. The van der Waals surface area contributed by atoms with Crippen LogP contribution in [0.1, 0.15) is 10.4 Å². The van der Waals surface area contributed by atoms with Crippen molar-refractivity contribution in [1.82, 2.24) is 4.98 Å². The van der Waals surface area contributed by atoms with Crippen molar-refractivity contribution in [3.8, 4) is 11.3 Å². The van der Waals surface area contributed by atoms with E-state index < -0.39 is 6.35 Å². The van der Waals surface area contributed by atoms with Gasteiger partial charge < -0.3 is 15.7 Å². The zero-order valence-corrected chi connectivity index (χ0v) is 17.7. The van der Waals surface area contributed by atoms with Gasteiger partial charge >= 0.3 is 0 Å². The smallest absolute Gasteiger partial charge is 0.257 e. The molecule has 156 valence electrons. The standard InChI is InChI=1S/C23H18Cl2N4O2/c24-19-8-6-14(11-18(19)21-16-4-2-1-3-13(16)9-10-27-21)28-22(30)17-7-5-15(12-20(17)25)29-23(26)31/h1-12,23,29,31H,26H2,(H,28,30). The fraction of sp³-hybridized carbons (Fsp3) is 0.0435. The summed E-state index contributed by atoms with van der Waals surface area (Å²) in [6.45, 7) is 0. The van der Waals surface area contributed by atoms with Crippen molar-refractivity contribution in [3.63, 3.8) is 0 Å². The average Bonchev–Trinajstić information content (AvgIpc) is 2.74. The Labute approximate surface area is 188 Å². The summed E-state index contributed by atoms with van der Waals surface area (Å²) in [7, 11) is 0. The van der Waals surface area contributed by atoms with E-state index in [-0.39, 0.29) is 16.5 Å². The molecule has 4 rings (SSSR count). The summed E-state index contributed by atoms with van der Waals surface area (Å²) in [5.74, 6) is -0.385. The highest BCUT2D eigenvalue weighted by Gasteiger charge is 2.14. The quantitative estimate of drug-likeness (QED) is 0.315. The maximum atomic E-state index is 12.8. The normalized spacial score (nSPS) is 11.9. The molecule has 0 spiro atoms. The highest BCUT2D eigenvalue weighted by atomic mass is 35.5. The fourth-order valence-corrected chi connectivity index (χ4v) is 3.75. The van der Waals surface area contributed by atoms with Gasteiger partial charge in [0.15, 0.2) is 6.35 Å². The van der Waals surface area contributed by atoms with Crippen LogP contribution in [0, 0.1) is 0 Å². The third-order valence-corrected chi connectivity index (χ3v) is 5.32. The minimum Gasteiger partial charge on any atom is -0.361 e. The summed E-state index contributed by atoms with van der Waals surface area (Å²) in [6.07, 6.45) is 0.498. The number of carbonyl (C=O) groups is 1. The van der Waals surface area contributed by atoms with Gasteiger partial charge in [0, 0.05) is 28.5 Å². The second kappa shape index (κ2) is 8.91. The number of aliphatic hydroxyl groups is 1. The predicted octanol–water partition coefficient (Wildman–Crippen LogP) is 5.11. The molecule has 8 heteroatoms. The summed E-state index contributed by atoms with van der Waals surface area (Å²) in [6, 6.07) is 19.7. The van der Waals surface area contributed by atoms with Crippen molar-refractivity contribution in [3.05, 3.63) is 88.5 Å². The molecule has 1 aromatic heterocycles. The van der Waals surface area contributed by atoms with Crippen LogP contribution in [0.15, 0.2) is 72.9 Å². The van der Waals surface area contributed by atoms with Crippen molar-refractivity contribution in [2.75, 3.05) is 10.6 Å². The van der Waals surface area contributed by atoms with Crippen LogP contribution in [0.4, 0.5) is 11.4 Å². The van der Waals surface area contributed by atoms with E-state index in [0.29, 0.717) is 22.0 Å². The number of halogens is 2. The monoisotopic (exact) mass is 452 g/mol. The molecule has 0 aliphatic carbocycles. The van der Waals surface area contributed by atoms with Gasteiger partial charge in [0.2, 0.25) is 0 Å². The minimum atomic E-state index is -1.23. The van der Waals surface area contributed by atoms with E-state index in [1.165, 1.54) is 6.07 Å². The lowest BCUT2D eigenvalue weighted by molar-refractivity contribution is 0.102. The molecule has 0 saturated heterocycles. The molecule has 0 bridgehead atoms. The molecule has 0 saturated carbocycles. The van der Waals surface area contributed by atoms with Crippen LogP contribution in [0.5, 0.6) is 0 Å². The van der Waals surface area contributed by atoms with Crippen LogP contribution in [0.3, 0.4) is 0 Å². The Balaban J connectivity index is 1.64. The molecule has 0 aliphatic heterocycles. The molecule has 6 nitrogen and oxygen atoms in total. The molecule has 5 N–H and O–H groups in total. The molecule has 4 aromatic rings. The van der Waals surface area contributed by atoms with E-state index in [0.717, 1.165) is 16.5 Å². The predicted molar refractivity (Wildman–Crippen MR) is 125 cm³/mol. The van der Waals surface area contributed by atoms with E-state index in [1.807, 2.05) is 30.3 Å². The van der Waals surface area contributed by atoms with Crippen molar-refractivity contribution < 1.29 is 9.90 Å². The number of carbonyl (C=O) groups excluding carboxylic acids is 1. The van der Waals surface area contributed by atoms with E-state index in [2.05, 4.69) is 15.6 Å². The van der Waals surface area contributed by atoms with Crippen LogP contribution in [0.2, 0.25) is 10.0 Å². The lowest BCUT2D eigenvalue weighted by atomic mass is 10.0. The zero-order valence-electron chi connectivity index (χ0n) is 16.1. The average molecular weight is 453 g/mol. The number of rotatable bonds is 5. The van der Waals surface area contributed by atoms with Crippen LogP contribution in [-0.4, -0.2) is 22.3 Å². The van der Waals surface area contributed by atoms with Gasteiger partial charge in [-0.3, -0.25) is 15.5 Å². The number of hydrogen-bond donors (Lipinski definition) is 4. The van der Waals surface area contributed by atoms with Crippen LogP contribution in [0.25, 0.3) is 22.0 Å². The lowest BCUT2D eigenvalue weighted by Crippen LogP contribution is -2.28. The molecule has 0 radical (unpaired) electrons. The Morgan fingerprint density at radius 2 is 1.74 bits per heavy atom.